The van der Waals surface area contributed by atoms with Crippen LogP contribution >= 0.6 is 11.3 Å². The van der Waals surface area contributed by atoms with Gasteiger partial charge in [-0.15, -0.1) is 11.3 Å². The predicted octanol–water partition coefficient (Wildman–Crippen LogP) is 3.39. The first-order chi connectivity index (χ1) is 7.34. The summed E-state index contributed by atoms with van der Waals surface area (Å²) in [5, 5.41) is 3.31. The van der Waals surface area contributed by atoms with Gasteiger partial charge in [-0.3, -0.25) is 4.98 Å². The second-order valence-corrected chi connectivity index (χ2v) is 4.90. The first kappa shape index (κ1) is 9.04. The zero-order valence-corrected chi connectivity index (χ0v) is 9.42. The van der Waals surface area contributed by atoms with Crippen molar-refractivity contribution in [1.82, 2.24) is 9.97 Å². The topological polar surface area (TPSA) is 25.8 Å². The van der Waals surface area contributed by atoms with E-state index in [0.29, 0.717) is 0 Å². The van der Waals surface area contributed by atoms with Gasteiger partial charge in [-0.2, -0.15) is 0 Å². The van der Waals surface area contributed by atoms with Crippen LogP contribution in [0, 0.1) is 6.92 Å². The summed E-state index contributed by atoms with van der Waals surface area (Å²) in [6.07, 6.45) is 6.36. The third-order valence-electron chi connectivity index (χ3n) is 2.79. The van der Waals surface area contributed by atoms with E-state index in [1.165, 1.54) is 29.7 Å². The molecule has 0 aliphatic heterocycles. The van der Waals surface area contributed by atoms with Crippen LogP contribution in [-0.4, -0.2) is 9.97 Å². The molecule has 0 N–H and O–H groups in total. The molecule has 0 amide bonds. The number of hydrogen-bond acceptors (Lipinski definition) is 3. The van der Waals surface area contributed by atoms with Crippen LogP contribution in [0.4, 0.5) is 0 Å². The lowest BCUT2D eigenvalue weighted by Crippen LogP contribution is -1.85. The van der Waals surface area contributed by atoms with E-state index in [-0.39, 0.29) is 0 Å². The van der Waals surface area contributed by atoms with E-state index in [0.717, 1.165) is 10.9 Å². The van der Waals surface area contributed by atoms with Gasteiger partial charge in [-0.25, -0.2) is 4.98 Å². The van der Waals surface area contributed by atoms with E-state index in [1.54, 1.807) is 11.3 Å². The summed E-state index contributed by atoms with van der Waals surface area (Å²) in [5.74, 6) is 0.743. The van der Waals surface area contributed by atoms with Gasteiger partial charge in [0.15, 0.2) is 0 Å². The minimum absolute atomic E-state index is 0.743. The smallest absolute Gasteiger partial charge is 0.125 e. The van der Waals surface area contributed by atoms with Gasteiger partial charge in [-0.05, 0) is 31.4 Å². The standard InChI is InChI=1S/C12H12N2S/c1-8-4-5-13-6-10(8)12-14-11(7-15-12)9-2-3-9/h4-7,9H,2-3H2,1H3. The van der Waals surface area contributed by atoms with Crippen LogP contribution in [0.3, 0.4) is 0 Å². The molecule has 3 heteroatoms. The minimum Gasteiger partial charge on any atom is -0.264 e. The second kappa shape index (κ2) is 3.42. The molecule has 0 unspecified atom stereocenters. The Hall–Kier alpha value is -1.22. The Kier molecular flexibility index (Phi) is 2.06. The van der Waals surface area contributed by atoms with E-state index in [1.807, 2.05) is 18.5 Å². The molecule has 15 heavy (non-hydrogen) atoms. The van der Waals surface area contributed by atoms with Crippen molar-refractivity contribution < 1.29 is 0 Å². The average Bonchev–Trinajstić information content (AvgIpc) is 2.99. The van der Waals surface area contributed by atoms with Crippen molar-refractivity contribution in [3.63, 3.8) is 0 Å². The number of aromatic nitrogens is 2. The summed E-state index contributed by atoms with van der Waals surface area (Å²) in [5.41, 5.74) is 3.70. The Balaban J connectivity index is 2.01. The summed E-state index contributed by atoms with van der Waals surface area (Å²) in [6.45, 7) is 2.11. The van der Waals surface area contributed by atoms with Gasteiger partial charge < -0.3 is 0 Å². The fourth-order valence-electron chi connectivity index (χ4n) is 1.66. The largest absolute Gasteiger partial charge is 0.264 e. The highest BCUT2D eigenvalue weighted by molar-refractivity contribution is 7.13. The minimum atomic E-state index is 0.743. The summed E-state index contributed by atoms with van der Waals surface area (Å²) < 4.78 is 0. The molecule has 0 bridgehead atoms. The highest BCUT2D eigenvalue weighted by Crippen LogP contribution is 2.41. The monoisotopic (exact) mass is 216 g/mol. The van der Waals surface area contributed by atoms with E-state index < -0.39 is 0 Å². The molecular weight excluding hydrogens is 204 g/mol. The predicted molar refractivity (Wildman–Crippen MR) is 62.1 cm³/mol. The van der Waals surface area contributed by atoms with Gasteiger partial charge >= 0.3 is 0 Å². The van der Waals surface area contributed by atoms with Gasteiger partial charge in [0, 0.05) is 29.3 Å². The lowest BCUT2D eigenvalue weighted by atomic mass is 10.2. The van der Waals surface area contributed by atoms with Crippen LogP contribution in [0.25, 0.3) is 10.6 Å². The summed E-state index contributed by atoms with van der Waals surface area (Å²) in [7, 11) is 0. The Labute approximate surface area is 93.0 Å². The average molecular weight is 216 g/mol. The third-order valence-corrected chi connectivity index (χ3v) is 3.68. The maximum absolute atomic E-state index is 4.68. The van der Waals surface area contributed by atoms with Gasteiger partial charge in [-0.1, -0.05) is 0 Å². The molecule has 1 aliphatic rings. The lowest BCUT2D eigenvalue weighted by molar-refractivity contribution is 1.05. The van der Waals surface area contributed by atoms with Crippen molar-refractivity contribution in [1.29, 1.82) is 0 Å². The first-order valence-electron chi connectivity index (χ1n) is 5.21. The molecule has 2 aromatic rings. The van der Waals surface area contributed by atoms with Crippen molar-refractivity contribution in [2.75, 3.05) is 0 Å². The fourth-order valence-corrected chi connectivity index (χ4v) is 2.64. The summed E-state index contributed by atoms with van der Waals surface area (Å²) in [6, 6.07) is 2.04. The van der Waals surface area contributed by atoms with Gasteiger partial charge in [0.05, 0.1) is 5.69 Å². The first-order valence-corrected chi connectivity index (χ1v) is 6.09. The van der Waals surface area contributed by atoms with Crippen LogP contribution in [0.2, 0.25) is 0 Å². The Morgan fingerprint density at radius 1 is 1.40 bits per heavy atom. The van der Waals surface area contributed by atoms with E-state index in [2.05, 4.69) is 22.3 Å². The molecule has 1 aliphatic carbocycles. The maximum Gasteiger partial charge on any atom is 0.125 e. The van der Waals surface area contributed by atoms with E-state index >= 15 is 0 Å². The zero-order valence-electron chi connectivity index (χ0n) is 8.60. The van der Waals surface area contributed by atoms with Crippen molar-refractivity contribution in [2.45, 2.75) is 25.7 Å². The molecule has 1 fully saturated rings. The van der Waals surface area contributed by atoms with Crippen LogP contribution in [0.1, 0.15) is 30.0 Å². The van der Waals surface area contributed by atoms with Crippen molar-refractivity contribution in [3.05, 3.63) is 35.1 Å². The van der Waals surface area contributed by atoms with Crippen LogP contribution in [-0.2, 0) is 0 Å². The summed E-state index contributed by atoms with van der Waals surface area (Å²) >= 11 is 1.73. The van der Waals surface area contributed by atoms with Crippen LogP contribution in [0.5, 0.6) is 0 Å². The Morgan fingerprint density at radius 3 is 3.00 bits per heavy atom. The molecule has 2 heterocycles. The normalized spacial score (nSPS) is 15.5. The molecule has 0 atom stereocenters. The number of thiazole rings is 1. The molecule has 0 spiro atoms. The van der Waals surface area contributed by atoms with Crippen molar-refractivity contribution in [2.24, 2.45) is 0 Å². The molecule has 3 rings (SSSR count). The number of aryl methyl sites for hydroxylation is 1. The third kappa shape index (κ3) is 1.67. The molecule has 2 aromatic heterocycles. The molecule has 0 saturated heterocycles. The molecule has 0 radical (unpaired) electrons. The highest BCUT2D eigenvalue weighted by Gasteiger charge is 2.26. The van der Waals surface area contributed by atoms with Crippen molar-refractivity contribution >= 4 is 11.3 Å². The zero-order chi connectivity index (χ0) is 10.3. The number of rotatable bonds is 2. The Morgan fingerprint density at radius 2 is 2.27 bits per heavy atom. The quantitative estimate of drug-likeness (QED) is 0.769. The molecular formula is C12H12N2S. The second-order valence-electron chi connectivity index (χ2n) is 4.04. The number of nitrogens with zero attached hydrogens (tertiary/aromatic N) is 2. The van der Waals surface area contributed by atoms with Gasteiger partial charge in [0.1, 0.15) is 5.01 Å². The lowest BCUT2D eigenvalue weighted by Gasteiger charge is -1.99. The van der Waals surface area contributed by atoms with E-state index in [4.69, 9.17) is 0 Å². The summed E-state index contributed by atoms with van der Waals surface area (Å²) in [4.78, 5) is 8.84. The molecule has 76 valence electrons. The SMILES string of the molecule is Cc1ccncc1-c1nc(C2CC2)cs1. The van der Waals surface area contributed by atoms with Crippen LogP contribution in [0.15, 0.2) is 23.8 Å². The number of hydrogen-bond donors (Lipinski definition) is 0. The maximum atomic E-state index is 4.68. The highest BCUT2D eigenvalue weighted by atomic mass is 32.1. The molecule has 2 nitrogen and oxygen atoms in total. The number of pyridine rings is 1. The molecule has 0 aromatic carbocycles. The van der Waals surface area contributed by atoms with E-state index in [9.17, 15) is 0 Å². The molecule has 1 saturated carbocycles. The van der Waals surface area contributed by atoms with Gasteiger partial charge in [0.2, 0.25) is 0 Å². The van der Waals surface area contributed by atoms with Crippen molar-refractivity contribution in [3.8, 4) is 10.6 Å². The van der Waals surface area contributed by atoms with Gasteiger partial charge in [0.25, 0.3) is 0 Å². The Bertz CT molecular complexity index is 486. The fraction of sp³-hybridized carbons (Fsp3) is 0.333. The van der Waals surface area contributed by atoms with Crippen LogP contribution < -0.4 is 0 Å².